The number of benzene rings is 1. The van der Waals surface area contributed by atoms with Gasteiger partial charge in [0.2, 0.25) is 0 Å². The van der Waals surface area contributed by atoms with E-state index in [0.29, 0.717) is 5.56 Å². The Labute approximate surface area is 112 Å². The smallest absolute Gasteiger partial charge is 0.358 e. The van der Waals surface area contributed by atoms with E-state index in [9.17, 15) is 20.0 Å². The molecule has 0 aliphatic heterocycles. The van der Waals surface area contributed by atoms with E-state index < -0.39 is 17.0 Å². The maximum Gasteiger partial charge on any atom is 0.358 e. The van der Waals surface area contributed by atoms with Crippen molar-refractivity contribution in [3.8, 4) is 0 Å². The molecule has 9 nitrogen and oxygen atoms in total. The van der Waals surface area contributed by atoms with Gasteiger partial charge in [-0.3, -0.25) is 10.1 Å². The van der Waals surface area contributed by atoms with Crippen molar-refractivity contribution in [1.82, 2.24) is 15.0 Å². The quantitative estimate of drug-likeness (QED) is 0.605. The van der Waals surface area contributed by atoms with E-state index in [0.717, 1.165) is 0 Å². The number of carboxylic acid groups (broad SMARTS) is 1. The summed E-state index contributed by atoms with van der Waals surface area (Å²) < 4.78 is 1.19. The van der Waals surface area contributed by atoms with Gasteiger partial charge in [-0.2, -0.15) is 0 Å². The third-order valence-electron chi connectivity index (χ3n) is 2.61. The van der Waals surface area contributed by atoms with Gasteiger partial charge in [-0.25, -0.2) is 9.48 Å². The molecule has 0 bridgehead atoms. The number of aromatic nitrogens is 3. The number of hydrogen-bond donors (Lipinski definition) is 2. The summed E-state index contributed by atoms with van der Waals surface area (Å²) in [6.07, 6.45) is 0.218. The Kier molecular flexibility index (Phi) is 3.71. The number of hydrogen-bond acceptors (Lipinski definition) is 6. The summed E-state index contributed by atoms with van der Waals surface area (Å²) in [5.41, 5.74) is 0.166. The SMILES string of the molecule is O=C(O)c1cn(C[C@H](O)c2ccc([N+](=O)[O-])cc2)nn1. The Bertz CT molecular complexity index is 637. The Morgan fingerprint density at radius 3 is 2.55 bits per heavy atom. The molecule has 0 unspecified atom stereocenters. The number of non-ortho nitro benzene ring substituents is 1. The topological polar surface area (TPSA) is 131 Å². The first-order valence-electron chi connectivity index (χ1n) is 5.53. The summed E-state index contributed by atoms with van der Waals surface area (Å²) in [4.78, 5) is 20.6. The number of aliphatic hydroxyl groups excluding tert-OH is 1. The lowest BCUT2D eigenvalue weighted by Crippen LogP contribution is -2.09. The first-order valence-corrected chi connectivity index (χ1v) is 5.53. The van der Waals surface area contributed by atoms with Crippen LogP contribution in [-0.2, 0) is 6.54 Å². The van der Waals surface area contributed by atoms with Crippen LogP contribution in [-0.4, -0.2) is 36.1 Å². The lowest BCUT2D eigenvalue weighted by molar-refractivity contribution is -0.384. The number of rotatable bonds is 5. The van der Waals surface area contributed by atoms with Crippen LogP contribution >= 0.6 is 0 Å². The first kappa shape index (κ1) is 13.6. The van der Waals surface area contributed by atoms with E-state index in [1.165, 1.54) is 35.1 Å². The molecule has 0 radical (unpaired) electrons. The van der Waals surface area contributed by atoms with Gasteiger partial charge in [0, 0.05) is 12.1 Å². The van der Waals surface area contributed by atoms with E-state index >= 15 is 0 Å². The normalized spacial score (nSPS) is 12.1. The Hall–Kier alpha value is -2.81. The van der Waals surface area contributed by atoms with Crippen LogP contribution in [0.25, 0.3) is 0 Å². The van der Waals surface area contributed by atoms with Crippen molar-refractivity contribution in [3.05, 3.63) is 51.8 Å². The third-order valence-corrected chi connectivity index (χ3v) is 2.61. The molecule has 9 heteroatoms. The predicted molar refractivity (Wildman–Crippen MR) is 65.0 cm³/mol. The Balaban J connectivity index is 2.08. The molecule has 20 heavy (non-hydrogen) atoms. The molecule has 0 aliphatic rings. The molecule has 1 heterocycles. The summed E-state index contributed by atoms with van der Waals surface area (Å²) in [5.74, 6) is -1.21. The summed E-state index contributed by atoms with van der Waals surface area (Å²) in [7, 11) is 0. The number of nitro groups is 1. The standard InChI is InChI=1S/C11H10N4O5/c16-10(6-14-5-9(11(17)18)12-13-14)7-1-3-8(4-2-7)15(19)20/h1-5,10,16H,6H2,(H,17,18)/t10-/m0/s1. The van der Waals surface area contributed by atoms with Crippen molar-refractivity contribution in [2.24, 2.45) is 0 Å². The van der Waals surface area contributed by atoms with Gasteiger partial charge < -0.3 is 10.2 Å². The number of nitro benzene ring substituents is 1. The van der Waals surface area contributed by atoms with Crippen LogP contribution in [0.3, 0.4) is 0 Å². The Morgan fingerprint density at radius 2 is 2.05 bits per heavy atom. The molecule has 0 aliphatic carbocycles. The van der Waals surface area contributed by atoms with Gasteiger partial charge in [0.15, 0.2) is 5.69 Å². The minimum atomic E-state index is -1.21. The van der Waals surface area contributed by atoms with E-state index in [-0.39, 0.29) is 17.9 Å². The van der Waals surface area contributed by atoms with Gasteiger partial charge in [0.05, 0.1) is 23.8 Å². The average Bonchev–Trinajstić information content (AvgIpc) is 2.87. The lowest BCUT2D eigenvalue weighted by atomic mass is 10.1. The molecular formula is C11H10N4O5. The number of nitrogens with zero attached hydrogens (tertiary/aromatic N) is 4. The van der Waals surface area contributed by atoms with Gasteiger partial charge in [0.1, 0.15) is 0 Å². The van der Waals surface area contributed by atoms with Crippen LogP contribution < -0.4 is 0 Å². The fourth-order valence-corrected chi connectivity index (χ4v) is 1.59. The first-order chi connectivity index (χ1) is 9.47. The van der Waals surface area contributed by atoms with Gasteiger partial charge in [-0.1, -0.05) is 5.21 Å². The summed E-state index contributed by atoms with van der Waals surface area (Å²) in [6.45, 7) is -0.00189. The molecule has 0 amide bonds. The van der Waals surface area contributed by atoms with Crippen LogP contribution in [0.2, 0.25) is 0 Å². The molecule has 104 valence electrons. The second kappa shape index (κ2) is 5.45. The minimum absolute atomic E-state index is 0.00189. The molecule has 0 spiro atoms. The summed E-state index contributed by atoms with van der Waals surface area (Å²) >= 11 is 0. The molecular weight excluding hydrogens is 268 g/mol. The molecule has 2 rings (SSSR count). The van der Waals surface area contributed by atoms with Gasteiger partial charge >= 0.3 is 5.97 Å². The number of aromatic carboxylic acids is 1. The average molecular weight is 278 g/mol. The van der Waals surface area contributed by atoms with Gasteiger partial charge in [-0.05, 0) is 17.7 Å². The van der Waals surface area contributed by atoms with Gasteiger partial charge in [-0.15, -0.1) is 5.10 Å². The fraction of sp³-hybridized carbons (Fsp3) is 0.182. The molecule has 0 saturated carbocycles. The largest absolute Gasteiger partial charge is 0.476 e. The number of aliphatic hydroxyl groups is 1. The number of carboxylic acids is 1. The van der Waals surface area contributed by atoms with Crippen molar-refractivity contribution >= 4 is 11.7 Å². The van der Waals surface area contributed by atoms with Crippen molar-refractivity contribution in [1.29, 1.82) is 0 Å². The van der Waals surface area contributed by atoms with E-state index in [1.807, 2.05) is 0 Å². The Morgan fingerprint density at radius 1 is 1.40 bits per heavy atom. The maximum absolute atomic E-state index is 10.6. The minimum Gasteiger partial charge on any atom is -0.476 e. The van der Waals surface area contributed by atoms with Crippen molar-refractivity contribution < 1.29 is 19.9 Å². The van der Waals surface area contributed by atoms with Crippen LogP contribution in [0.15, 0.2) is 30.5 Å². The van der Waals surface area contributed by atoms with Crippen LogP contribution in [0.4, 0.5) is 5.69 Å². The highest BCUT2D eigenvalue weighted by atomic mass is 16.6. The molecule has 2 N–H and O–H groups in total. The van der Waals surface area contributed by atoms with E-state index in [4.69, 9.17) is 5.11 Å². The molecule has 2 aromatic rings. The molecule has 0 fully saturated rings. The monoisotopic (exact) mass is 278 g/mol. The van der Waals surface area contributed by atoms with E-state index in [2.05, 4.69) is 10.3 Å². The second-order valence-corrected chi connectivity index (χ2v) is 4.00. The second-order valence-electron chi connectivity index (χ2n) is 4.00. The predicted octanol–water partition coefficient (Wildman–Crippen LogP) is 0.618. The zero-order chi connectivity index (χ0) is 14.7. The zero-order valence-corrected chi connectivity index (χ0v) is 10.1. The highest BCUT2D eigenvalue weighted by Crippen LogP contribution is 2.18. The van der Waals surface area contributed by atoms with Crippen LogP contribution in [0.1, 0.15) is 22.2 Å². The van der Waals surface area contributed by atoms with Gasteiger partial charge in [0.25, 0.3) is 5.69 Å². The fourth-order valence-electron chi connectivity index (χ4n) is 1.59. The number of carbonyl (C=O) groups is 1. The highest BCUT2D eigenvalue weighted by molar-refractivity contribution is 5.84. The third kappa shape index (κ3) is 2.95. The van der Waals surface area contributed by atoms with Crippen molar-refractivity contribution in [3.63, 3.8) is 0 Å². The molecule has 0 saturated heterocycles. The van der Waals surface area contributed by atoms with E-state index in [1.54, 1.807) is 0 Å². The van der Waals surface area contributed by atoms with Crippen molar-refractivity contribution in [2.45, 2.75) is 12.6 Å². The summed E-state index contributed by atoms with van der Waals surface area (Å²) in [6, 6.07) is 5.42. The molecule has 1 aromatic carbocycles. The zero-order valence-electron chi connectivity index (χ0n) is 10.1. The molecule has 1 atom stereocenters. The maximum atomic E-state index is 10.6. The molecule has 1 aromatic heterocycles. The van der Waals surface area contributed by atoms with Crippen LogP contribution in [0.5, 0.6) is 0 Å². The van der Waals surface area contributed by atoms with Crippen molar-refractivity contribution in [2.75, 3.05) is 0 Å². The van der Waals surface area contributed by atoms with Crippen LogP contribution in [0, 0.1) is 10.1 Å². The lowest BCUT2D eigenvalue weighted by Gasteiger charge is -2.10. The highest BCUT2D eigenvalue weighted by Gasteiger charge is 2.14. The summed E-state index contributed by atoms with van der Waals surface area (Å²) in [5, 5.41) is 36.1.